The molecule has 0 aliphatic heterocycles. The van der Waals surface area contributed by atoms with Crippen molar-refractivity contribution in [2.75, 3.05) is 5.32 Å². The minimum absolute atomic E-state index is 0.0522. The third-order valence-corrected chi connectivity index (χ3v) is 3.32. The Labute approximate surface area is 114 Å². The Hall–Kier alpha value is -2.03. The van der Waals surface area contributed by atoms with Gasteiger partial charge in [0, 0.05) is 0 Å². The lowest BCUT2D eigenvalue weighted by molar-refractivity contribution is 0.102. The molecule has 4 nitrogen and oxygen atoms in total. The van der Waals surface area contributed by atoms with Gasteiger partial charge in [-0.1, -0.05) is 18.3 Å². The summed E-state index contributed by atoms with van der Waals surface area (Å²) in [4.78, 5) is 11.7. The predicted molar refractivity (Wildman–Crippen MR) is 63.5 cm³/mol. The van der Waals surface area contributed by atoms with Gasteiger partial charge in [0.05, 0.1) is 5.56 Å². The van der Waals surface area contributed by atoms with E-state index in [4.69, 9.17) is 0 Å². The van der Waals surface area contributed by atoms with Crippen molar-refractivity contribution < 1.29 is 22.4 Å². The van der Waals surface area contributed by atoms with Gasteiger partial charge in [0.25, 0.3) is 5.91 Å². The SMILES string of the molecule is CCc1nnc(NC(=O)c2cc(F)c(F)c(F)c2F)s1. The zero-order valence-electron chi connectivity index (χ0n) is 10.0. The summed E-state index contributed by atoms with van der Waals surface area (Å²) in [6.45, 7) is 1.82. The van der Waals surface area contributed by atoms with E-state index in [1.165, 1.54) is 0 Å². The van der Waals surface area contributed by atoms with Gasteiger partial charge >= 0.3 is 0 Å². The van der Waals surface area contributed by atoms with Crippen LogP contribution in [-0.2, 0) is 6.42 Å². The number of hydrogen-bond donors (Lipinski definition) is 1. The fourth-order valence-corrected chi connectivity index (χ4v) is 2.02. The molecule has 0 unspecified atom stereocenters. The van der Waals surface area contributed by atoms with Crippen LogP contribution in [0.5, 0.6) is 0 Å². The molecule has 1 aromatic carbocycles. The van der Waals surface area contributed by atoms with Crippen LogP contribution in [0.3, 0.4) is 0 Å². The second-order valence-electron chi connectivity index (χ2n) is 3.66. The molecule has 0 saturated heterocycles. The zero-order valence-corrected chi connectivity index (χ0v) is 10.8. The number of nitrogens with one attached hydrogen (secondary N) is 1. The summed E-state index contributed by atoms with van der Waals surface area (Å²) in [6.07, 6.45) is 0.585. The van der Waals surface area contributed by atoms with Crippen LogP contribution in [0, 0.1) is 23.3 Å². The third kappa shape index (κ3) is 2.62. The maximum absolute atomic E-state index is 13.4. The Balaban J connectivity index is 2.30. The Bertz CT molecular complexity index is 674. The molecule has 0 radical (unpaired) electrons. The fraction of sp³-hybridized carbons (Fsp3) is 0.182. The Morgan fingerprint density at radius 1 is 1.20 bits per heavy atom. The number of hydrogen-bond acceptors (Lipinski definition) is 4. The summed E-state index contributed by atoms with van der Waals surface area (Å²) in [5, 5.41) is 10.1. The van der Waals surface area contributed by atoms with E-state index in [1.54, 1.807) is 0 Å². The van der Waals surface area contributed by atoms with Crippen molar-refractivity contribution in [2.24, 2.45) is 0 Å². The van der Waals surface area contributed by atoms with Gasteiger partial charge in [0.2, 0.25) is 5.13 Å². The summed E-state index contributed by atoms with van der Waals surface area (Å²) >= 11 is 1.04. The molecule has 106 valence electrons. The summed E-state index contributed by atoms with van der Waals surface area (Å²) < 4.78 is 52.2. The first-order chi connectivity index (χ1) is 9.43. The Kier molecular flexibility index (Phi) is 3.98. The van der Waals surface area contributed by atoms with E-state index in [2.05, 4.69) is 15.5 Å². The molecular weight excluding hydrogens is 298 g/mol. The van der Waals surface area contributed by atoms with Crippen molar-refractivity contribution in [3.8, 4) is 0 Å². The molecule has 0 saturated carbocycles. The number of carbonyl (C=O) groups excluding carboxylic acids is 1. The van der Waals surface area contributed by atoms with Gasteiger partial charge in [-0.15, -0.1) is 10.2 Å². The number of halogens is 4. The van der Waals surface area contributed by atoms with Gasteiger partial charge in [0.1, 0.15) is 5.01 Å². The molecule has 1 amide bonds. The van der Waals surface area contributed by atoms with Gasteiger partial charge in [-0.2, -0.15) is 0 Å². The van der Waals surface area contributed by atoms with E-state index < -0.39 is 34.7 Å². The second kappa shape index (κ2) is 5.53. The molecule has 0 aliphatic rings. The van der Waals surface area contributed by atoms with Crippen LogP contribution in [-0.4, -0.2) is 16.1 Å². The van der Waals surface area contributed by atoms with E-state index in [0.717, 1.165) is 11.3 Å². The van der Waals surface area contributed by atoms with Gasteiger partial charge < -0.3 is 0 Å². The largest absolute Gasteiger partial charge is 0.296 e. The van der Waals surface area contributed by atoms with Crippen LogP contribution in [0.4, 0.5) is 22.7 Å². The highest BCUT2D eigenvalue weighted by atomic mass is 32.1. The Morgan fingerprint density at radius 3 is 2.50 bits per heavy atom. The molecule has 0 atom stereocenters. The van der Waals surface area contributed by atoms with Crippen molar-refractivity contribution in [1.82, 2.24) is 10.2 Å². The summed E-state index contributed by atoms with van der Waals surface area (Å²) in [6, 6.07) is 0.283. The summed E-state index contributed by atoms with van der Waals surface area (Å²) in [5.74, 6) is -8.56. The monoisotopic (exact) mass is 305 g/mol. The van der Waals surface area contributed by atoms with Gasteiger partial charge in [-0.25, -0.2) is 17.6 Å². The summed E-state index contributed by atoms with van der Waals surface area (Å²) in [5.41, 5.74) is -0.949. The van der Waals surface area contributed by atoms with Crippen LogP contribution in [0.25, 0.3) is 0 Å². The normalized spacial score (nSPS) is 10.7. The standard InChI is InChI=1S/C11H7F4N3OS/c1-2-6-17-18-11(20-6)16-10(19)4-3-5(12)8(14)9(15)7(4)13/h3H,2H2,1H3,(H,16,18,19). The maximum atomic E-state index is 13.4. The van der Waals surface area contributed by atoms with Crippen LogP contribution in [0.2, 0.25) is 0 Å². The molecule has 1 aromatic heterocycles. The predicted octanol–water partition coefficient (Wildman–Crippen LogP) is 2.91. The van der Waals surface area contributed by atoms with Crippen LogP contribution >= 0.6 is 11.3 Å². The lowest BCUT2D eigenvalue weighted by atomic mass is 10.1. The molecule has 20 heavy (non-hydrogen) atoms. The lowest BCUT2D eigenvalue weighted by Crippen LogP contribution is -2.16. The van der Waals surface area contributed by atoms with Crippen LogP contribution in [0.1, 0.15) is 22.3 Å². The molecule has 0 fully saturated rings. The number of nitrogens with zero attached hydrogens (tertiary/aromatic N) is 2. The minimum Gasteiger partial charge on any atom is -0.296 e. The van der Waals surface area contributed by atoms with Crippen molar-refractivity contribution in [2.45, 2.75) is 13.3 Å². The van der Waals surface area contributed by atoms with Crippen molar-refractivity contribution in [3.05, 3.63) is 39.9 Å². The smallest absolute Gasteiger partial charge is 0.260 e. The molecule has 0 aliphatic carbocycles. The average Bonchev–Trinajstić information content (AvgIpc) is 2.88. The number of benzene rings is 1. The fourth-order valence-electron chi connectivity index (χ4n) is 1.35. The minimum atomic E-state index is -2.04. The molecule has 2 aromatic rings. The van der Waals surface area contributed by atoms with Crippen molar-refractivity contribution >= 4 is 22.4 Å². The lowest BCUT2D eigenvalue weighted by Gasteiger charge is -2.05. The molecule has 1 heterocycles. The van der Waals surface area contributed by atoms with Gasteiger partial charge in [-0.3, -0.25) is 10.1 Å². The van der Waals surface area contributed by atoms with Crippen molar-refractivity contribution in [3.63, 3.8) is 0 Å². The number of carbonyl (C=O) groups is 1. The molecule has 2 rings (SSSR count). The maximum Gasteiger partial charge on any atom is 0.260 e. The first kappa shape index (κ1) is 14.4. The third-order valence-electron chi connectivity index (χ3n) is 2.34. The number of anilines is 1. The summed E-state index contributed by atoms with van der Waals surface area (Å²) in [7, 11) is 0. The van der Waals surface area contributed by atoms with E-state index >= 15 is 0 Å². The topological polar surface area (TPSA) is 54.9 Å². The van der Waals surface area contributed by atoms with E-state index in [0.29, 0.717) is 11.4 Å². The molecule has 1 N–H and O–H groups in total. The second-order valence-corrected chi connectivity index (χ2v) is 4.72. The first-order valence-electron chi connectivity index (χ1n) is 5.40. The average molecular weight is 305 g/mol. The van der Waals surface area contributed by atoms with Crippen LogP contribution < -0.4 is 5.32 Å². The van der Waals surface area contributed by atoms with E-state index in [1.807, 2.05) is 6.92 Å². The Morgan fingerprint density at radius 2 is 1.90 bits per heavy atom. The van der Waals surface area contributed by atoms with Gasteiger partial charge in [0.15, 0.2) is 23.3 Å². The molecule has 0 spiro atoms. The number of aromatic nitrogens is 2. The van der Waals surface area contributed by atoms with E-state index in [-0.39, 0.29) is 11.2 Å². The number of aryl methyl sites for hydroxylation is 1. The zero-order chi connectivity index (χ0) is 14.9. The highest BCUT2D eigenvalue weighted by Gasteiger charge is 2.23. The van der Waals surface area contributed by atoms with Crippen LogP contribution in [0.15, 0.2) is 6.07 Å². The molecule has 9 heteroatoms. The van der Waals surface area contributed by atoms with Gasteiger partial charge in [-0.05, 0) is 12.5 Å². The first-order valence-corrected chi connectivity index (χ1v) is 6.22. The highest BCUT2D eigenvalue weighted by Crippen LogP contribution is 2.21. The highest BCUT2D eigenvalue weighted by molar-refractivity contribution is 7.15. The van der Waals surface area contributed by atoms with E-state index in [9.17, 15) is 22.4 Å². The quantitative estimate of drug-likeness (QED) is 0.539. The molecular formula is C11H7F4N3OS. The molecule has 0 bridgehead atoms. The number of rotatable bonds is 3. The van der Waals surface area contributed by atoms with Crippen molar-refractivity contribution in [1.29, 1.82) is 0 Å². The number of amides is 1.